The summed E-state index contributed by atoms with van der Waals surface area (Å²) in [5, 5.41) is 0. The van der Waals surface area contributed by atoms with Crippen LogP contribution in [0.15, 0.2) is 47.1 Å². The van der Waals surface area contributed by atoms with Crippen LogP contribution < -0.4 is 4.90 Å². The van der Waals surface area contributed by atoms with Gasteiger partial charge in [-0.1, -0.05) is 24.6 Å². The van der Waals surface area contributed by atoms with E-state index in [9.17, 15) is 14.4 Å². The summed E-state index contributed by atoms with van der Waals surface area (Å²) in [5.74, 6) is 0.584. The summed E-state index contributed by atoms with van der Waals surface area (Å²) >= 11 is 0. The predicted molar refractivity (Wildman–Crippen MR) is 136 cm³/mol. The van der Waals surface area contributed by atoms with Crippen molar-refractivity contribution in [2.24, 2.45) is 17.3 Å². The molecule has 2 unspecified atom stereocenters. The van der Waals surface area contributed by atoms with Crippen molar-refractivity contribution >= 4 is 23.2 Å². The molecule has 5 heteroatoms. The fraction of sp³-hybridized carbons (Fsp3) is 0.567. The van der Waals surface area contributed by atoms with Crippen molar-refractivity contribution in [1.82, 2.24) is 0 Å². The van der Waals surface area contributed by atoms with Gasteiger partial charge >= 0.3 is 5.97 Å². The van der Waals surface area contributed by atoms with Gasteiger partial charge in [0, 0.05) is 44.5 Å². The van der Waals surface area contributed by atoms with Crippen molar-refractivity contribution in [3.05, 3.63) is 52.6 Å². The first-order valence-corrected chi connectivity index (χ1v) is 13.0. The molecule has 4 aliphatic rings. The van der Waals surface area contributed by atoms with E-state index in [2.05, 4.69) is 36.1 Å². The average molecular weight is 476 g/mol. The molecule has 0 bridgehead atoms. The predicted octanol–water partition coefficient (Wildman–Crippen LogP) is 5.54. The number of hydrogen-bond acceptors (Lipinski definition) is 5. The maximum absolute atomic E-state index is 13.2. The molecule has 186 valence electrons. The van der Waals surface area contributed by atoms with Gasteiger partial charge in [-0.25, -0.2) is 0 Å². The second-order valence-electron chi connectivity index (χ2n) is 11.5. The number of anilines is 1. The Morgan fingerprint density at radius 3 is 2.37 bits per heavy atom. The van der Waals surface area contributed by atoms with Crippen LogP contribution in [0.3, 0.4) is 0 Å². The van der Waals surface area contributed by atoms with E-state index in [4.69, 9.17) is 4.74 Å². The first-order valence-electron chi connectivity index (χ1n) is 13.0. The molecule has 0 N–H and O–H groups in total. The normalized spacial score (nSPS) is 33.9. The Labute approximate surface area is 208 Å². The number of Topliss-reactive ketones (excluding diaryl/α,β-unsaturated/α-hetero) is 1. The molecule has 1 aromatic carbocycles. The minimum absolute atomic E-state index is 0.0323. The Kier molecular flexibility index (Phi) is 5.81. The van der Waals surface area contributed by atoms with Crippen LogP contribution in [-0.2, 0) is 19.1 Å². The molecule has 1 aromatic rings. The molecule has 35 heavy (non-hydrogen) atoms. The number of benzene rings is 1. The zero-order valence-corrected chi connectivity index (χ0v) is 21.6. The fourth-order valence-electron chi connectivity index (χ4n) is 8.02. The lowest BCUT2D eigenvalue weighted by Crippen LogP contribution is -2.57. The lowest BCUT2D eigenvalue weighted by molar-refractivity contribution is -0.182. The first-order chi connectivity index (χ1) is 16.6. The van der Waals surface area contributed by atoms with Crippen molar-refractivity contribution in [2.45, 2.75) is 77.2 Å². The largest absolute Gasteiger partial charge is 0.451 e. The summed E-state index contributed by atoms with van der Waals surface area (Å²) < 4.78 is 6.00. The molecule has 5 rings (SSSR count). The summed E-state index contributed by atoms with van der Waals surface area (Å²) in [5.41, 5.74) is 4.98. The van der Waals surface area contributed by atoms with Crippen LogP contribution in [0.25, 0.3) is 0 Å². The minimum Gasteiger partial charge on any atom is -0.451 e. The Balaban J connectivity index is 1.68. The van der Waals surface area contributed by atoms with Gasteiger partial charge in [0.1, 0.15) is 0 Å². The van der Waals surface area contributed by atoms with Crippen LogP contribution in [0.2, 0.25) is 0 Å². The van der Waals surface area contributed by atoms with Crippen molar-refractivity contribution in [2.75, 3.05) is 19.0 Å². The summed E-state index contributed by atoms with van der Waals surface area (Å²) in [4.78, 5) is 39.8. The molecule has 0 saturated heterocycles. The molecule has 5 nitrogen and oxygen atoms in total. The number of carbonyl (C=O) groups is 3. The number of fused-ring (bicyclic) bond motifs is 4. The molecule has 0 heterocycles. The number of carbonyl (C=O) groups excluding carboxylic acids is 3. The highest BCUT2D eigenvalue weighted by molar-refractivity contribution is 5.93. The van der Waals surface area contributed by atoms with E-state index in [-0.39, 0.29) is 29.4 Å². The average Bonchev–Trinajstić information content (AvgIpc) is 3.10. The highest BCUT2D eigenvalue weighted by Crippen LogP contribution is 2.67. The van der Waals surface area contributed by atoms with E-state index in [1.54, 1.807) is 6.92 Å². The molecule has 0 aliphatic heterocycles. The lowest BCUT2D eigenvalue weighted by Gasteiger charge is -2.55. The number of esters is 1. The van der Waals surface area contributed by atoms with Gasteiger partial charge in [-0.15, -0.1) is 0 Å². The van der Waals surface area contributed by atoms with E-state index in [0.717, 1.165) is 37.8 Å². The molecule has 4 aliphatic carbocycles. The Morgan fingerprint density at radius 1 is 1.03 bits per heavy atom. The van der Waals surface area contributed by atoms with Crippen molar-refractivity contribution < 1.29 is 19.1 Å². The van der Waals surface area contributed by atoms with Crippen LogP contribution in [-0.4, -0.2) is 37.2 Å². The Morgan fingerprint density at radius 2 is 1.74 bits per heavy atom. The second kappa shape index (κ2) is 8.46. The standard InChI is InChI=1S/C30H37NO4/c1-18(32)30(35-19(2)33)15-14-27-25-12-8-21-16-23(34)11-13-24(21)28(25)26(17-29(27,30)3)20-6-9-22(10-7-20)31(4)5/h6-7,9-10,16,25-27H,8,11-15,17H2,1-5H3/t25?,26-,27?,29+,30+/m1/s1. The molecular formula is C30H37NO4. The maximum Gasteiger partial charge on any atom is 0.303 e. The summed E-state index contributed by atoms with van der Waals surface area (Å²) in [6, 6.07) is 8.76. The molecule has 0 radical (unpaired) electrons. The highest BCUT2D eigenvalue weighted by atomic mass is 16.6. The van der Waals surface area contributed by atoms with Gasteiger partial charge < -0.3 is 9.64 Å². The van der Waals surface area contributed by atoms with Crippen molar-refractivity contribution in [1.29, 1.82) is 0 Å². The van der Waals surface area contributed by atoms with Crippen LogP contribution in [0.5, 0.6) is 0 Å². The molecule has 2 saturated carbocycles. The number of allylic oxidation sites excluding steroid dienone is 4. The van der Waals surface area contributed by atoms with Gasteiger partial charge in [0.05, 0.1) is 0 Å². The van der Waals surface area contributed by atoms with Crippen LogP contribution in [0.4, 0.5) is 5.69 Å². The monoisotopic (exact) mass is 475 g/mol. The van der Waals surface area contributed by atoms with Crippen LogP contribution in [0.1, 0.15) is 77.2 Å². The molecule has 0 spiro atoms. The Hall–Kier alpha value is -2.69. The molecular weight excluding hydrogens is 438 g/mol. The highest BCUT2D eigenvalue weighted by Gasteiger charge is 2.67. The molecule has 0 amide bonds. The van der Waals surface area contributed by atoms with Gasteiger partial charge in [0.25, 0.3) is 0 Å². The Bertz CT molecular complexity index is 1140. The lowest BCUT2D eigenvalue weighted by atomic mass is 9.50. The smallest absolute Gasteiger partial charge is 0.303 e. The van der Waals surface area contributed by atoms with Gasteiger partial charge in [-0.2, -0.15) is 0 Å². The molecule has 5 atom stereocenters. The number of rotatable bonds is 4. The van der Waals surface area contributed by atoms with E-state index < -0.39 is 11.0 Å². The SMILES string of the molecule is CC(=O)O[C@]1(C(C)=O)CCC2C3CCC4=CC(=O)CCC4=C3[C@@H](c3ccc(N(C)C)cc3)C[C@@]21C. The maximum atomic E-state index is 13.2. The van der Waals surface area contributed by atoms with Crippen molar-refractivity contribution in [3.63, 3.8) is 0 Å². The van der Waals surface area contributed by atoms with Gasteiger partial charge in [0.2, 0.25) is 0 Å². The van der Waals surface area contributed by atoms with Crippen LogP contribution in [0, 0.1) is 17.3 Å². The third kappa shape index (κ3) is 3.61. The van der Waals surface area contributed by atoms with E-state index >= 15 is 0 Å². The number of hydrogen-bond donors (Lipinski definition) is 0. The zero-order chi connectivity index (χ0) is 25.1. The van der Waals surface area contributed by atoms with Gasteiger partial charge in [0.15, 0.2) is 17.2 Å². The fourth-order valence-corrected chi connectivity index (χ4v) is 8.02. The number of ketones is 2. The minimum atomic E-state index is -1.07. The second-order valence-corrected chi connectivity index (χ2v) is 11.5. The van der Waals surface area contributed by atoms with Crippen molar-refractivity contribution in [3.8, 4) is 0 Å². The van der Waals surface area contributed by atoms with Gasteiger partial charge in [-0.05, 0) is 92.2 Å². The van der Waals surface area contributed by atoms with Gasteiger partial charge in [-0.3, -0.25) is 14.4 Å². The third-order valence-corrected chi connectivity index (χ3v) is 9.55. The summed E-state index contributed by atoms with van der Waals surface area (Å²) in [6.45, 7) is 5.22. The number of ether oxygens (including phenoxy) is 1. The number of nitrogens with zero attached hydrogens (tertiary/aromatic N) is 1. The topological polar surface area (TPSA) is 63.7 Å². The summed E-state index contributed by atoms with van der Waals surface area (Å²) in [6.07, 6.45) is 7.41. The quantitative estimate of drug-likeness (QED) is 0.535. The zero-order valence-electron chi connectivity index (χ0n) is 21.6. The first kappa shape index (κ1) is 24.0. The van der Waals surface area contributed by atoms with E-state index in [1.807, 2.05) is 20.2 Å². The van der Waals surface area contributed by atoms with Crippen LogP contribution >= 0.6 is 0 Å². The van der Waals surface area contributed by atoms with E-state index in [0.29, 0.717) is 18.8 Å². The third-order valence-electron chi connectivity index (χ3n) is 9.55. The van der Waals surface area contributed by atoms with E-state index in [1.165, 1.54) is 29.2 Å². The molecule has 0 aromatic heterocycles. The molecule has 2 fully saturated rings. The summed E-state index contributed by atoms with van der Waals surface area (Å²) in [7, 11) is 4.08.